The van der Waals surface area contributed by atoms with Crippen molar-refractivity contribution < 1.29 is 19.4 Å². The van der Waals surface area contributed by atoms with Crippen LogP contribution in [-0.2, 0) is 11.2 Å². The van der Waals surface area contributed by atoms with Gasteiger partial charge in [-0.1, -0.05) is 18.2 Å². The minimum absolute atomic E-state index is 0.0311. The van der Waals surface area contributed by atoms with Crippen LogP contribution in [0.4, 0.5) is 5.69 Å². The molecule has 0 aliphatic carbocycles. The van der Waals surface area contributed by atoms with Crippen molar-refractivity contribution in [3.05, 3.63) is 47.3 Å². The van der Waals surface area contributed by atoms with E-state index >= 15 is 0 Å². The summed E-state index contributed by atoms with van der Waals surface area (Å²) in [6, 6.07) is 9.04. The number of benzene rings is 1. The van der Waals surface area contributed by atoms with Gasteiger partial charge in [0.1, 0.15) is 11.4 Å². The highest BCUT2D eigenvalue weighted by atomic mass is 16.5. The van der Waals surface area contributed by atoms with Crippen LogP contribution in [0.15, 0.2) is 30.3 Å². The summed E-state index contributed by atoms with van der Waals surface area (Å²) in [7, 11) is 0. The fourth-order valence-electron chi connectivity index (χ4n) is 2.40. The molecular weight excluding hydrogens is 272 g/mol. The molecule has 6 nitrogen and oxygen atoms in total. The monoisotopic (exact) mass is 286 g/mol. The number of carbonyl (C=O) groups excluding carboxylic acids is 1. The van der Waals surface area contributed by atoms with E-state index in [1.165, 1.54) is 0 Å². The summed E-state index contributed by atoms with van der Waals surface area (Å²) >= 11 is 0. The number of aromatic amines is 1. The number of rotatable bonds is 3. The molecule has 108 valence electrons. The van der Waals surface area contributed by atoms with Crippen LogP contribution in [0.5, 0.6) is 5.75 Å². The Morgan fingerprint density at radius 2 is 2.14 bits per heavy atom. The van der Waals surface area contributed by atoms with E-state index in [0.29, 0.717) is 17.9 Å². The minimum Gasteiger partial charge on any atom is -0.480 e. The second kappa shape index (κ2) is 4.97. The first-order valence-electron chi connectivity index (χ1n) is 6.53. The molecule has 3 rings (SSSR count). The molecule has 1 amide bonds. The summed E-state index contributed by atoms with van der Waals surface area (Å²) < 4.78 is 5.58. The molecule has 1 aliphatic heterocycles. The number of para-hydroxylation sites is 1. The third-order valence-electron chi connectivity index (χ3n) is 3.36. The van der Waals surface area contributed by atoms with E-state index in [4.69, 9.17) is 9.84 Å². The van der Waals surface area contributed by atoms with E-state index in [1.807, 2.05) is 24.3 Å². The summed E-state index contributed by atoms with van der Waals surface area (Å²) in [4.78, 5) is 26.0. The number of carbonyl (C=O) groups is 2. The maximum Gasteiger partial charge on any atom is 0.354 e. The Kier molecular flexibility index (Phi) is 3.13. The summed E-state index contributed by atoms with van der Waals surface area (Å²) in [5.74, 6) is -0.775. The molecule has 0 bridgehead atoms. The van der Waals surface area contributed by atoms with Crippen molar-refractivity contribution in [3.8, 4) is 5.75 Å². The van der Waals surface area contributed by atoms with Crippen LogP contribution in [-0.4, -0.2) is 28.1 Å². The van der Waals surface area contributed by atoms with Crippen LogP contribution in [0.3, 0.4) is 0 Å². The molecule has 2 heterocycles. The number of carboxylic acids is 1. The van der Waals surface area contributed by atoms with Gasteiger partial charge >= 0.3 is 5.97 Å². The Hall–Kier alpha value is -2.76. The van der Waals surface area contributed by atoms with Crippen LogP contribution in [0, 0.1) is 6.92 Å². The molecule has 0 radical (unpaired) electrons. The van der Waals surface area contributed by atoms with Crippen LogP contribution < -0.4 is 10.1 Å². The normalized spacial score (nSPS) is 16.1. The number of anilines is 1. The summed E-state index contributed by atoms with van der Waals surface area (Å²) in [5.41, 5.74) is 1.86. The van der Waals surface area contributed by atoms with Gasteiger partial charge in [-0.15, -0.1) is 0 Å². The second-order valence-electron chi connectivity index (χ2n) is 4.95. The Morgan fingerprint density at radius 3 is 2.86 bits per heavy atom. The third kappa shape index (κ3) is 2.47. The van der Waals surface area contributed by atoms with Gasteiger partial charge < -0.3 is 20.1 Å². The number of H-pyrrole nitrogens is 1. The zero-order chi connectivity index (χ0) is 15.0. The predicted molar refractivity (Wildman–Crippen MR) is 75.7 cm³/mol. The fraction of sp³-hybridized carbons (Fsp3) is 0.200. The Balaban J connectivity index is 1.75. The fourth-order valence-corrected chi connectivity index (χ4v) is 2.40. The molecule has 0 fully saturated rings. The van der Waals surface area contributed by atoms with Gasteiger partial charge in [-0.25, -0.2) is 4.79 Å². The van der Waals surface area contributed by atoms with E-state index in [0.717, 1.165) is 5.56 Å². The number of aromatic nitrogens is 1. The molecule has 1 aromatic carbocycles. The van der Waals surface area contributed by atoms with Gasteiger partial charge in [0.25, 0.3) is 5.91 Å². The summed E-state index contributed by atoms with van der Waals surface area (Å²) in [6.45, 7) is 1.73. The van der Waals surface area contributed by atoms with E-state index in [9.17, 15) is 9.59 Å². The van der Waals surface area contributed by atoms with Gasteiger partial charge in [0.2, 0.25) is 0 Å². The van der Waals surface area contributed by atoms with Crippen molar-refractivity contribution in [3.63, 3.8) is 0 Å². The molecule has 0 spiro atoms. The van der Waals surface area contributed by atoms with Crippen LogP contribution >= 0.6 is 0 Å². The van der Waals surface area contributed by atoms with Crippen molar-refractivity contribution in [1.82, 2.24) is 4.98 Å². The predicted octanol–water partition coefficient (Wildman–Crippen LogP) is 1.96. The number of carboxylic acid groups (broad SMARTS) is 1. The van der Waals surface area contributed by atoms with Gasteiger partial charge in [0.15, 0.2) is 6.10 Å². The highest BCUT2D eigenvalue weighted by Crippen LogP contribution is 2.29. The topological polar surface area (TPSA) is 91.4 Å². The molecule has 0 saturated heterocycles. The average Bonchev–Trinajstić information content (AvgIpc) is 3.02. The smallest absolute Gasteiger partial charge is 0.354 e. The van der Waals surface area contributed by atoms with Gasteiger partial charge in [-0.05, 0) is 24.6 Å². The highest BCUT2D eigenvalue weighted by Gasteiger charge is 2.29. The number of nitrogens with one attached hydrogen (secondary N) is 2. The van der Waals surface area contributed by atoms with Gasteiger partial charge in [0.05, 0.1) is 5.69 Å². The molecule has 1 aliphatic rings. The number of hydrogen-bond donors (Lipinski definition) is 3. The van der Waals surface area contributed by atoms with E-state index in [2.05, 4.69) is 10.3 Å². The lowest BCUT2D eigenvalue weighted by molar-refractivity contribution is -0.122. The number of fused-ring (bicyclic) bond motifs is 1. The Bertz CT molecular complexity index is 695. The first-order chi connectivity index (χ1) is 10.0. The molecule has 3 N–H and O–H groups in total. The van der Waals surface area contributed by atoms with Crippen molar-refractivity contribution in [2.24, 2.45) is 0 Å². The number of aryl methyl sites for hydroxylation is 1. The molecule has 1 atom stereocenters. The maximum absolute atomic E-state index is 12.2. The molecule has 2 aromatic rings. The first-order valence-corrected chi connectivity index (χ1v) is 6.53. The molecule has 6 heteroatoms. The van der Waals surface area contributed by atoms with Crippen molar-refractivity contribution in [2.75, 3.05) is 5.32 Å². The van der Waals surface area contributed by atoms with Gasteiger partial charge in [-0.3, -0.25) is 4.79 Å². The summed E-state index contributed by atoms with van der Waals surface area (Å²) in [6.07, 6.45) is -0.160. The number of hydrogen-bond acceptors (Lipinski definition) is 3. The van der Waals surface area contributed by atoms with Crippen molar-refractivity contribution >= 4 is 17.6 Å². The van der Waals surface area contributed by atoms with Gasteiger partial charge in [-0.2, -0.15) is 0 Å². The lowest BCUT2D eigenvalue weighted by Gasteiger charge is -2.10. The highest BCUT2D eigenvalue weighted by molar-refractivity contribution is 6.01. The van der Waals surface area contributed by atoms with Crippen LogP contribution in [0.2, 0.25) is 0 Å². The number of ether oxygens (including phenoxy) is 1. The first kappa shape index (κ1) is 13.2. The van der Waals surface area contributed by atoms with Crippen molar-refractivity contribution in [1.29, 1.82) is 0 Å². The zero-order valence-electron chi connectivity index (χ0n) is 11.3. The SMILES string of the molecule is Cc1cc(NC(=O)C2Cc3ccccc3O2)c(C(=O)O)[nH]1. The number of amides is 1. The standard InChI is InChI=1S/C15H14N2O4/c1-8-6-10(13(16-8)15(19)20)17-14(18)12-7-9-4-2-3-5-11(9)21-12/h2-6,12,16H,7H2,1H3,(H,17,18)(H,19,20). The van der Waals surface area contributed by atoms with Crippen LogP contribution in [0.25, 0.3) is 0 Å². The second-order valence-corrected chi connectivity index (χ2v) is 4.95. The molecule has 21 heavy (non-hydrogen) atoms. The Labute approximate surface area is 120 Å². The van der Waals surface area contributed by atoms with Gasteiger partial charge in [0, 0.05) is 12.1 Å². The maximum atomic E-state index is 12.2. The quantitative estimate of drug-likeness (QED) is 0.804. The molecule has 1 unspecified atom stereocenters. The van der Waals surface area contributed by atoms with E-state index in [1.54, 1.807) is 13.0 Å². The third-order valence-corrected chi connectivity index (χ3v) is 3.36. The van der Waals surface area contributed by atoms with Crippen LogP contribution in [0.1, 0.15) is 21.7 Å². The van der Waals surface area contributed by atoms with E-state index in [-0.39, 0.29) is 17.3 Å². The molecular formula is C15H14N2O4. The molecule has 1 aromatic heterocycles. The van der Waals surface area contributed by atoms with Crippen molar-refractivity contribution in [2.45, 2.75) is 19.4 Å². The average molecular weight is 286 g/mol. The van der Waals surface area contributed by atoms with E-state index < -0.39 is 12.1 Å². The largest absolute Gasteiger partial charge is 0.480 e. The number of aromatic carboxylic acids is 1. The zero-order valence-corrected chi connectivity index (χ0v) is 11.3. The minimum atomic E-state index is -1.12. The lowest BCUT2D eigenvalue weighted by atomic mass is 10.1. The Morgan fingerprint density at radius 1 is 1.38 bits per heavy atom. The summed E-state index contributed by atoms with van der Waals surface area (Å²) in [5, 5.41) is 11.7. The molecule has 0 saturated carbocycles. The lowest BCUT2D eigenvalue weighted by Crippen LogP contribution is -2.31.